The summed E-state index contributed by atoms with van der Waals surface area (Å²) in [6.45, 7) is 4.95. The molecular formula is C11H20N4O. The van der Waals surface area contributed by atoms with Crippen molar-refractivity contribution in [2.45, 2.75) is 44.9 Å². The number of aromatic nitrogens is 3. The molecule has 90 valence electrons. The van der Waals surface area contributed by atoms with Crippen molar-refractivity contribution in [3.8, 4) is 0 Å². The molecular weight excluding hydrogens is 204 g/mol. The fourth-order valence-electron chi connectivity index (χ4n) is 2.08. The van der Waals surface area contributed by atoms with E-state index >= 15 is 0 Å². The van der Waals surface area contributed by atoms with Crippen molar-refractivity contribution in [1.29, 1.82) is 0 Å². The predicted molar refractivity (Wildman–Crippen MR) is 61.1 cm³/mol. The molecule has 2 atom stereocenters. The Balaban J connectivity index is 1.58. The minimum absolute atomic E-state index is 0.467. The van der Waals surface area contributed by atoms with E-state index in [9.17, 15) is 0 Å². The highest BCUT2D eigenvalue weighted by Gasteiger charge is 2.17. The van der Waals surface area contributed by atoms with Crippen LogP contribution in [0, 0.1) is 0 Å². The lowest BCUT2D eigenvalue weighted by atomic mass is 10.1. The summed E-state index contributed by atoms with van der Waals surface area (Å²) in [5.41, 5.74) is 0. The number of hydrogen-bond acceptors (Lipinski definition) is 4. The molecule has 0 radical (unpaired) electrons. The van der Waals surface area contributed by atoms with Gasteiger partial charge in [0.05, 0.1) is 12.6 Å². The van der Waals surface area contributed by atoms with Gasteiger partial charge in [-0.05, 0) is 26.2 Å². The maximum Gasteiger partial charge on any atom is 0.137 e. The number of nitrogens with one attached hydrogen (secondary N) is 1. The van der Waals surface area contributed by atoms with E-state index in [1.807, 2.05) is 4.68 Å². The lowest BCUT2D eigenvalue weighted by Gasteiger charge is -2.17. The highest BCUT2D eigenvalue weighted by Crippen LogP contribution is 2.16. The molecule has 0 aromatic carbocycles. The van der Waals surface area contributed by atoms with Crippen LogP contribution >= 0.6 is 0 Å². The third-order valence-electron chi connectivity index (χ3n) is 2.94. The molecule has 2 unspecified atom stereocenters. The molecule has 1 aromatic rings. The summed E-state index contributed by atoms with van der Waals surface area (Å²) in [6, 6.07) is 0.506. The minimum Gasteiger partial charge on any atom is -0.378 e. The van der Waals surface area contributed by atoms with Gasteiger partial charge >= 0.3 is 0 Å². The van der Waals surface area contributed by atoms with E-state index in [1.165, 1.54) is 12.8 Å². The van der Waals surface area contributed by atoms with Crippen molar-refractivity contribution in [2.24, 2.45) is 0 Å². The van der Waals surface area contributed by atoms with E-state index in [4.69, 9.17) is 4.74 Å². The Hall–Kier alpha value is -0.940. The summed E-state index contributed by atoms with van der Waals surface area (Å²) in [7, 11) is 0. The van der Waals surface area contributed by atoms with E-state index < -0.39 is 0 Å². The Kier molecular flexibility index (Phi) is 4.30. The normalized spacial score (nSPS) is 22.4. The zero-order chi connectivity index (χ0) is 11.2. The number of hydrogen-bond donors (Lipinski definition) is 1. The molecule has 2 heterocycles. The standard InChI is InChI=1S/C11H20N4O/c1-10(7-11-3-2-6-16-11)13-4-5-15-9-12-8-14-15/h8-11,13H,2-7H2,1H3. The largest absolute Gasteiger partial charge is 0.378 e. The van der Waals surface area contributed by atoms with Gasteiger partial charge in [-0.2, -0.15) is 5.10 Å². The Morgan fingerprint density at radius 2 is 2.56 bits per heavy atom. The van der Waals surface area contributed by atoms with E-state index in [0.29, 0.717) is 12.1 Å². The van der Waals surface area contributed by atoms with Gasteiger partial charge in [-0.3, -0.25) is 4.68 Å². The van der Waals surface area contributed by atoms with Crippen molar-refractivity contribution < 1.29 is 4.74 Å². The molecule has 1 aromatic heterocycles. The Morgan fingerprint density at radius 3 is 3.25 bits per heavy atom. The lowest BCUT2D eigenvalue weighted by molar-refractivity contribution is 0.0962. The second-order valence-electron chi connectivity index (χ2n) is 4.38. The van der Waals surface area contributed by atoms with Gasteiger partial charge in [-0.1, -0.05) is 0 Å². The molecule has 16 heavy (non-hydrogen) atoms. The van der Waals surface area contributed by atoms with E-state index in [1.54, 1.807) is 12.7 Å². The molecule has 1 aliphatic heterocycles. The van der Waals surface area contributed by atoms with Crippen molar-refractivity contribution >= 4 is 0 Å². The molecule has 5 heteroatoms. The summed E-state index contributed by atoms with van der Waals surface area (Å²) >= 11 is 0. The monoisotopic (exact) mass is 224 g/mol. The van der Waals surface area contributed by atoms with Crippen LogP contribution in [0.2, 0.25) is 0 Å². The van der Waals surface area contributed by atoms with Crippen LogP contribution in [0.4, 0.5) is 0 Å². The lowest BCUT2D eigenvalue weighted by Crippen LogP contribution is -2.32. The average molecular weight is 224 g/mol. The van der Waals surface area contributed by atoms with E-state index in [0.717, 1.165) is 26.1 Å². The molecule has 5 nitrogen and oxygen atoms in total. The summed E-state index contributed by atoms with van der Waals surface area (Å²) in [4.78, 5) is 3.91. The first kappa shape index (κ1) is 11.5. The summed E-state index contributed by atoms with van der Waals surface area (Å²) in [5, 5.41) is 7.54. The van der Waals surface area contributed by atoms with Gasteiger partial charge in [-0.25, -0.2) is 4.98 Å². The van der Waals surface area contributed by atoms with Gasteiger partial charge in [0.15, 0.2) is 0 Å². The smallest absolute Gasteiger partial charge is 0.137 e. The number of nitrogens with zero attached hydrogens (tertiary/aromatic N) is 3. The van der Waals surface area contributed by atoms with Crippen molar-refractivity contribution in [3.05, 3.63) is 12.7 Å². The molecule has 0 spiro atoms. The molecule has 0 amide bonds. The van der Waals surface area contributed by atoms with Crippen LogP contribution in [0.15, 0.2) is 12.7 Å². The maximum absolute atomic E-state index is 5.61. The van der Waals surface area contributed by atoms with E-state index in [2.05, 4.69) is 22.3 Å². The number of ether oxygens (including phenoxy) is 1. The molecule has 0 bridgehead atoms. The third-order valence-corrected chi connectivity index (χ3v) is 2.94. The fourth-order valence-corrected chi connectivity index (χ4v) is 2.08. The van der Waals surface area contributed by atoms with Crippen molar-refractivity contribution in [2.75, 3.05) is 13.2 Å². The van der Waals surface area contributed by atoms with Crippen molar-refractivity contribution in [3.63, 3.8) is 0 Å². The zero-order valence-electron chi connectivity index (χ0n) is 9.80. The van der Waals surface area contributed by atoms with E-state index in [-0.39, 0.29) is 0 Å². The highest BCUT2D eigenvalue weighted by atomic mass is 16.5. The average Bonchev–Trinajstić information content (AvgIpc) is 2.90. The Morgan fingerprint density at radius 1 is 1.62 bits per heavy atom. The SMILES string of the molecule is CC(CC1CCCO1)NCCn1cncn1. The van der Waals surface area contributed by atoms with Crippen LogP contribution in [0.1, 0.15) is 26.2 Å². The molecule has 1 aliphatic rings. The van der Waals surface area contributed by atoms with Gasteiger partial charge in [0.1, 0.15) is 12.7 Å². The zero-order valence-corrected chi connectivity index (χ0v) is 9.80. The van der Waals surface area contributed by atoms with Crippen LogP contribution in [-0.2, 0) is 11.3 Å². The minimum atomic E-state index is 0.467. The molecule has 0 aliphatic carbocycles. The van der Waals surface area contributed by atoms with Crippen LogP contribution in [0.25, 0.3) is 0 Å². The first-order valence-electron chi connectivity index (χ1n) is 6.02. The molecule has 1 fully saturated rings. The molecule has 2 rings (SSSR count). The number of rotatable bonds is 6. The topological polar surface area (TPSA) is 52.0 Å². The van der Waals surface area contributed by atoms with Gasteiger partial charge in [0, 0.05) is 19.2 Å². The first-order chi connectivity index (χ1) is 7.84. The molecule has 1 saturated heterocycles. The van der Waals surface area contributed by atoms with Crippen LogP contribution in [-0.4, -0.2) is 40.1 Å². The first-order valence-corrected chi connectivity index (χ1v) is 6.02. The van der Waals surface area contributed by atoms with Gasteiger partial charge in [0.2, 0.25) is 0 Å². The van der Waals surface area contributed by atoms with Crippen molar-refractivity contribution in [1.82, 2.24) is 20.1 Å². The Bertz CT molecular complexity index is 282. The third kappa shape index (κ3) is 3.57. The second-order valence-corrected chi connectivity index (χ2v) is 4.38. The predicted octanol–water partition coefficient (Wildman–Crippen LogP) is 0.825. The summed E-state index contributed by atoms with van der Waals surface area (Å²) in [6.07, 6.45) is 7.32. The van der Waals surface area contributed by atoms with Crippen LogP contribution in [0.5, 0.6) is 0 Å². The summed E-state index contributed by atoms with van der Waals surface area (Å²) in [5.74, 6) is 0. The maximum atomic E-state index is 5.61. The fraction of sp³-hybridized carbons (Fsp3) is 0.818. The van der Waals surface area contributed by atoms with Gasteiger partial charge in [-0.15, -0.1) is 0 Å². The molecule has 0 saturated carbocycles. The quantitative estimate of drug-likeness (QED) is 0.777. The van der Waals surface area contributed by atoms with Gasteiger partial charge in [0.25, 0.3) is 0 Å². The van der Waals surface area contributed by atoms with Crippen LogP contribution in [0.3, 0.4) is 0 Å². The highest BCUT2D eigenvalue weighted by molar-refractivity contribution is 4.72. The van der Waals surface area contributed by atoms with Crippen LogP contribution < -0.4 is 5.32 Å². The summed E-state index contributed by atoms with van der Waals surface area (Å²) < 4.78 is 7.45. The van der Waals surface area contributed by atoms with Gasteiger partial charge < -0.3 is 10.1 Å². The second kappa shape index (κ2) is 5.96. The Labute approximate surface area is 96.2 Å². The molecule has 1 N–H and O–H groups in total.